The summed E-state index contributed by atoms with van der Waals surface area (Å²) in [5, 5.41) is 0. The Morgan fingerprint density at radius 3 is 2.19 bits per heavy atom. The molecule has 0 unspecified atom stereocenters. The van der Waals surface area contributed by atoms with E-state index in [4.69, 9.17) is 4.74 Å². The normalized spacial score (nSPS) is 30.9. The fraction of sp³-hybridized carbons (Fsp3) is 0.591. The van der Waals surface area contributed by atoms with Crippen LogP contribution >= 0.6 is 0 Å². The molecule has 1 aromatic rings. The van der Waals surface area contributed by atoms with Crippen molar-refractivity contribution in [2.45, 2.75) is 64.3 Å². The monoisotopic (exact) mass is 369 g/mol. The van der Waals surface area contributed by atoms with E-state index in [1.807, 2.05) is 25.1 Å². The van der Waals surface area contributed by atoms with Gasteiger partial charge in [-0.25, -0.2) is 0 Å². The highest BCUT2D eigenvalue weighted by Crippen LogP contribution is 2.41. The number of aryl methyl sites for hydroxylation is 1. The predicted octanol–water partition coefficient (Wildman–Crippen LogP) is 3.63. The lowest BCUT2D eigenvalue weighted by Crippen LogP contribution is -2.43. The van der Waals surface area contributed by atoms with Crippen molar-refractivity contribution < 1.29 is 19.1 Å². The van der Waals surface area contributed by atoms with E-state index in [-0.39, 0.29) is 41.6 Å². The second-order valence-corrected chi connectivity index (χ2v) is 8.29. The highest BCUT2D eigenvalue weighted by molar-refractivity contribution is 6.05. The molecular weight excluding hydrogens is 342 g/mol. The average molecular weight is 369 g/mol. The highest BCUT2D eigenvalue weighted by Gasteiger charge is 2.50. The quantitative estimate of drug-likeness (QED) is 0.464. The minimum absolute atomic E-state index is 0.0375. The molecule has 1 heterocycles. The second-order valence-electron chi connectivity index (χ2n) is 8.29. The molecular formula is C22H27NO4. The van der Waals surface area contributed by atoms with E-state index in [9.17, 15) is 14.4 Å². The molecule has 2 atom stereocenters. The summed E-state index contributed by atoms with van der Waals surface area (Å²) in [5.41, 5.74) is 1.05. The maximum absolute atomic E-state index is 12.8. The molecule has 3 fully saturated rings. The number of ether oxygens (including phenoxy) is 1. The number of imide groups is 1. The summed E-state index contributed by atoms with van der Waals surface area (Å²) < 4.78 is 5.53. The van der Waals surface area contributed by atoms with E-state index in [2.05, 4.69) is 0 Å². The minimum atomic E-state index is -0.202. The minimum Gasteiger partial charge on any atom is -0.426 e. The smallest absolute Gasteiger partial charge is 0.314 e. The summed E-state index contributed by atoms with van der Waals surface area (Å²) in [7, 11) is 0. The van der Waals surface area contributed by atoms with Crippen LogP contribution in [0, 0.1) is 24.7 Å². The Labute approximate surface area is 160 Å². The van der Waals surface area contributed by atoms with E-state index >= 15 is 0 Å². The van der Waals surface area contributed by atoms with Crippen LogP contribution in [0.4, 0.5) is 0 Å². The zero-order chi connectivity index (χ0) is 19.0. The molecule has 5 heteroatoms. The van der Waals surface area contributed by atoms with Gasteiger partial charge in [0.05, 0.1) is 17.8 Å². The summed E-state index contributed by atoms with van der Waals surface area (Å²) in [4.78, 5) is 39.5. The first kappa shape index (κ1) is 18.2. The Bertz CT molecular complexity index is 726. The first-order chi connectivity index (χ1) is 13.0. The molecule has 27 heavy (non-hydrogen) atoms. The molecule has 144 valence electrons. The maximum Gasteiger partial charge on any atom is 0.314 e. The number of carbonyl (C=O) groups is 3. The van der Waals surface area contributed by atoms with Crippen LogP contribution < -0.4 is 4.74 Å². The molecule has 3 aliphatic rings. The number of rotatable bonds is 3. The van der Waals surface area contributed by atoms with Crippen LogP contribution in [0.15, 0.2) is 24.3 Å². The molecule has 4 rings (SSSR count). The maximum atomic E-state index is 12.8. The SMILES string of the molecule is Cc1cccc(OC(=O)C2CCC(N3C(=O)[C@H]4CCCC[C@H]4C3=O)CC2)c1. The van der Waals surface area contributed by atoms with Gasteiger partial charge in [-0.15, -0.1) is 0 Å². The van der Waals surface area contributed by atoms with Crippen molar-refractivity contribution in [1.29, 1.82) is 0 Å². The molecule has 1 saturated heterocycles. The van der Waals surface area contributed by atoms with Crippen LogP contribution in [0.1, 0.15) is 56.9 Å². The topological polar surface area (TPSA) is 63.7 Å². The number of esters is 1. The number of hydrogen-bond donors (Lipinski definition) is 0. The van der Waals surface area contributed by atoms with Crippen LogP contribution in [0.3, 0.4) is 0 Å². The van der Waals surface area contributed by atoms with E-state index in [1.54, 1.807) is 11.0 Å². The summed E-state index contributed by atoms with van der Waals surface area (Å²) in [6.07, 6.45) is 6.53. The Morgan fingerprint density at radius 1 is 0.963 bits per heavy atom. The van der Waals surface area contributed by atoms with Crippen molar-refractivity contribution in [1.82, 2.24) is 4.90 Å². The van der Waals surface area contributed by atoms with Crippen LogP contribution in [0.2, 0.25) is 0 Å². The number of fused-ring (bicyclic) bond motifs is 1. The number of likely N-dealkylation sites (tertiary alicyclic amines) is 1. The zero-order valence-electron chi connectivity index (χ0n) is 15.9. The molecule has 0 spiro atoms. The number of amides is 2. The average Bonchev–Trinajstić information content (AvgIpc) is 2.93. The van der Waals surface area contributed by atoms with Gasteiger partial charge in [-0.05, 0) is 63.1 Å². The molecule has 2 saturated carbocycles. The first-order valence-corrected chi connectivity index (χ1v) is 10.2. The Kier molecular flexibility index (Phi) is 5.02. The van der Waals surface area contributed by atoms with Gasteiger partial charge in [0, 0.05) is 6.04 Å². The van der Waals surface area contributed by atoms with Crippen molar-refractivity contribution in [2.75, 3.05) is 0 Å². The third kappa shape index (κ3) is 3.52. The lowest BCUT2D eigenvalue weighted by molar-refractivity contribution is -0.144. The van der Waals surface area contributed by atoms with Gasteiger partial charge < -0.3 is 4.74 Å². The van der Waals surface area contributed by atoms with Crippen molar-refractivity contribution >= 4 is 17.8 Å². The lowest BCUT2D eigenvalue weighted by atomic mass is 9.81. The van der Waals surface area contributed by atoms with Gasteiger partial charge in [0.2, 0.25) is 11.8 Å². The zero-order valence-corrected chi connectivity index (χ0v) is 15.9. The summed E-state index contributed by atoms with van der Waals surface area (Å²) >= 11 is 0. The molecule has 0 bridgehead atoms. The fourth-order valence-electron chi connectivity index (χ4n) is 5.00. The number of carbonyl (C=O) groups excluding carboxylic acids is 3. The van der Waals surface area contributed by atoms with Crippen molar-refractivity contribution in [2.24, 2.45) is 17.8 Å². The number of nitrogens with zero attached hydrogens (tertiary/aromatic N) is 1. The van der Waals surface area contributed by atoms with Crippen LogP contribution in [0.5, 0.6) is 5.75 Å². The molecule has 1 aromatic carbocycles. The molecule has 2 amide bonds. The van der Waals surface area contributed by atoms with Gasteiger partial charge in [-0.1, -0.05) is 25.0 Å². The van der Waals surface area contributed by atoms with Gasteiger partial charge >= 0.3 is 5.97 Å². The molecule has 1 aliphatic heterocycles. The predicted molar refractivity (Wildman–Crippen MR) is 99.9 cm³/mol. The third-order valence-electron chi connectivity index (χ3n) is 6.48. The van der Waals surface area contributed by atoms with Crippen molar-refractivity contribution in [3.05, 3.63) is 29.8 Å². The van der Waals surface area contributed by atoms with Gasteiger partial charge in [0.25, 0.3) is 0 Å². The van der Waals surface area contributed by atoms with Gasteiger partial charge in [0.15, 0.2) is 0 Å². The van der Waals surface area contributed by atoms with E-state index in [0.717, 1.165) is 31.2 Å². The molecule has 0 N–H and O–H groups in total. The van der Waals surface area contributed by atoms with E-state index < -0.39 is 0 Å². The molecule has 5 nitrogen and oxygen atoms in total. The van der Waals surface area contributed by atoms with Crippen LogP contribution in [-0.4, -0.2) is 28.7 Å². The first-order valence-electron chi connectivity index (χ1n) is 10.2. The largest absolute Gasteiger partial charge is 0.426 e. The third-order valence-corrected chi connectivity index (χ3v) is 6.48. The number of hydrogen-bond acceptors (Lipinski definition) is 4. The van der Waals surface area contributed by atoms with Crippen molar-refractivity contribution in [3.8, 4) is 5.75 Å². The Morgan fingerprint density at radius 2 is 1.59 bits per heavy atom. The fourth-order valence-corrected chi connectivity index (χ4v) is 5.00. The Balaban J connectivity index is 1.35. The second kappa shape index (κ2) is 7.45. The molecule has 0 aromatic heterocycles. The summed E-state index contributed by atoms with van der Waals surface area (Å²) in [5.74, 6) is 0.122. The summed E-state index contributed by atoms with van der Waals surface area (Å²) in [6, 6.07) is 7.44. The van der Waals surface area contributed by atoms with E-state index in [1.165, 1.54) is 0 Å². The highest BCUT2D eigenvalue weighted by atomic mass is 16.5. The van der Waals surface area contributed by atoms with Gasteiger partial charge in [0.1, 0.15) is 5.75 Å². The lowest BCUT2D eigenvalue weighted by Gasteiger charge is -2.32. The summed E-state index contributed by atoms with van der Waals surface area (Å²) in [6.45, 7) is 1.96. The number of benzene rings is 1. The van der Waals surface area contributed by atoms with Gasteiger partial charge in [-0.2, -0.15) is 0 Å². The molecule has 0 radical (unpaired) electrons. The van der Waals surface area contributed by atoms with Crippen molar-refractivity contribution in [3.63, 3.8) is 0 Å². The molecule has 2 aliphatic carbocycles. The Hall–Kier alpha value is -2.17. The van der Waals surface area contributed by atoms with Crippen LogP contribution in [-0.2, 0) is 14.4 Å². The van der Waals surface area contributed by atoms with Crippen LogP contribution in [0.25, 0.3) is 0 Å². The standard InChI is InChI=1S/C22H27NO4/c1-14-5-4-6-17(13-14)27-22(26)15-9-11-16(12-10-15)23-20(24)18-7-2-3-8-19(18)21(23)25/h4-6,13,15-16,18-19H,2-3,7-12H2,1H3/t15?,16?,18-,19+. The van der Waals surface area contributed by atoms with E-state index in [0.29, 0.717) is 31.4 Å². The van der Waals surface area contributed by atoms with Gasteiger partial charge in [-0.3, -0.25) is 19.3 Å².